The lowest BCUT2D eigenvalue weighted by molar-refractivity contribution is -0.118. The number of amides is 1. The summed E-state index contributed by atoms with van der Waals surface area (Å²) in [7, 11) is 0. The van der Waals surface area contributed by atoms with Crippen LogP contribution in [0.3, 0.4) is 0 Å². The SMILES string of the molecule is CCOCCCNC(=O)CSc1nc(C)cc(N)n1. The van der Waals surface area contributed by atoms with Gasteiger partial charge in [0.15, 0.2) is 5.16 Å². The first-order valence-electron chi connectivity index (χ1n) is 6.20. The van der Waals surface area contributed by atoms with Crippen molar-refractivity contribution in [2.45, 2.75) is 25.4 Å². The molecule has 0 saturated carbocycles. The Morgan fingerprint density at radius 1 is 1.53 bits per heavy atom. The topological polar surface area (TPSA) is 90.1 Å². The summed E-state index contributed by atoms with van der Waals surface area (Å²) < 4.78 is 5.18. The van der Waals surface area contributed by atoms with E-state index in [4.69, 9.17) is 10.5 Å². The predicted molar refractivity (Wildman–Crippen MR) is 76.0 cm³/mol. The Bertz CT molecular complexity index is 394. The number of ether oxygens (including phenoxy) is 1. The van der Waals surface area contributed by atoms with Crippen LogP contribution in [-0.4, -0.2) is 41.4 Å². The smallest absolute Gasteiger partial charge is 0.230 e. The van der Waals surface area contributed by atoms with E-state index < -0.39 is 0 Å². The van der Waals surface area contributed by atoms with Gasteiger partial charge in [-0.15, -0.1) is 0 Å². The number of nitrogens with one attached hydrogen (secondary N) is 1. The summed E-state index contributed by atoms with van der Waals surface area (Å²) in [6.07, 6.45) is 0.818. The number of aryl methyl sites for hydroxylation is 1. The van der Waals surface area contributed by atoms with E-state index in [1.165, 1.54) is 11.8 Å². The van der Waals surface area contributed by atoms with Crippen molar-refractivity contribution in [1.29, 1.82) is 0 Å². The molecule has 0 radical (unpaired) electrons. The number of nitrogens with zero attached hydrogens (tertiary/aromatic N) is 2. The molecule has 0 aliphatic heterocycles. The fourth-order valence-electron chi connectivity index (χ4n) is 1.36. The molecule has 106 valence electrons. The molecule has 1 heterocycles. The van der Waals surface area contributed by atoms with Gasteiger partial charge in [0.25, 0.3) is 0 Å². The zero-order valence-electron chi connectivity index (χ0n) is 11.3. The average molecular weight is 284 g/mol. The van der Waals surface area contributed by atoms with Gasteiger partial charge >= 0.3 is 0 Å². The first-order valence-corrected chi connectivity index (χ1v) is 7.18. The maximum Gasteiger partial charge on any atom is 0.230 e. The molecule has 0 spiro atoms. The third-order valence-electron chi connectivity index (χ3n) is 2.18. The van der Waals surface area contributed by atoms with E-state index >= 15 is 0 Å². The number of thioether (sulfide) groups is 1. The number of rotatable bonds is 8. The van der Waals surface area contributed by atoms with Gasteiger partial charge < -0.3 is 15.8 Å². The molecule has 0 aliphatic carbocycles. The quantitative estimate of drug-likeness (QED) is 0.420. The van der Waals surface area contributed by atoms with Crippen LogP contribution in [0.1, 0.15) is 19.0 Å². The minimum atomic E-state index is -0.0369. The standard InChI is InChI=1S/C12H20N4O2S/c1-3-18-6-4-5-14-11(17)8-19-12-15-9(2)7-10(13)16-12/h7H,3-6,8H2,1-2H3,(H,14,17)(H2,13,15,16). The van der Waals surface area contributed by atoms with E-state index in [0.717, 1.165) is 12.1 Å². The Morgan fingerprint density at radius 3 is 3.00 bits per heavy atom. The highest BCUT2D eigenvalue weighted by atomic mass is 32.2. The second-order valence-electron chi connectivity index (χ2n) is 3.91. The molecule has 0 bridgehead atoms. The number of carbonyl (C=O) groups excluding carboxylic acids is 1. The van der Waals surface area contributed by atoms with Crippen molar-refractivity contribution >= 4 is 23.5 Å². The Labute approximate surface area is 117 Å². The van der Waals surface area contributed by atoms with Crippen molar-refractivity contribution in [3.8, 4) is 0 Å². The Kier molecular flexibility index (Phi) is 7.20. The van der Waals surface area contributed by atoms with Crippen LogP contribution in [0.2, 0.25) is 0 Å². The molecule has 3 N–H and O–H groups in total. The molecular formula is C12H20N4O2S. The van der Waals surface area contributed by atoms with Crippen LogP contribution in [0.15, 0.2) is 11.2 Å². The fourth-order valence-corrected chi connectivity index (χ4v) is 2.10. The maximum atomic E-state index is 11.6. The van der Waals surface area contributed by atoms with Crippen molar-refractivity contribution in [3.63, 3.8) is 0 Å². The molecule has 7 heteroatoms. The second-order valence-corrected chi connectivity index (χ2v) is 4.85. The summed E-state index contributed by atoms with van der Waals surface area (Å²) >= 11 is 1.28. The number of aromatic nitrogens is 2. The van der Waals surface area contributed by atoms with Crippen LogP contribution in [0.4, 0.5) is 5.82 Å². The fraction of sp³-hybridized carbons (Fsp3) is 0.583. The molecule has 0 aromatic carbocycles. The largest absolute Gasteiger partial charge is 0.384 e. The molecular weight excluding hydrogens is 264 g/mol. The molecule has 1 rings (SSSR count). The van der Waals surface area contributed by atoms with Crippen LogP contribution in [-0.2, 0) is 9.53 Å². The van der Waals surface area contributed by atoms with Crippen molar-refractivity contribution < 1.29 is 9.53 Å². The zero-order valence-corrected chi connectivity index (χ0v) is 12.1. The molecule has 1 aromatic rings. The van der Waals surface area contributed by atoms with Gasteiger partial charge in [-0.25, -0.2) is 9.97 Å². The van der Waals surface area contributed by atoms with Crippen LogP contribution in [0, 0.1) is 6.92 Å². The third kappa shape index (κ3) is 6.97. The highest BCUT2D eigenvalue weighted by Crippen LogP contribution is 2.14. The predicted octanol–water partition coefficient (Wildman–Crippen LogP) is 1.00. The summed E-state index contributed by atoms with van der Waals surface area (Å²) in [4.78, 5) is 19.8. The lowest BCUT2D eigenvalue weighted by atomic mass is 10.4. The molecule has 0 atom stereocenters. The lowest BCUT2D eigenvalue weighted by Gasteiger charge is -2.05. The Morgan fingerprint density at radius 2 is 2.32 bits per heavy atom. The number of nitrogens with two attached hydrogens (primary N) is 1. The van der Waals surface area contributed by atoms with Crippen molar-refractivity contribution in [2.24, 2.45) is 0 Å². The molecule has 1 aromatic heterocycles. The number of anilines is 1. The highest BCUT2D eigenvalue weighted by Gasteiger charge is 2.05. The Hall–Kier alpha value is -1.34. The first-order chi connectivity index (χ1) is 9.11. The number of nitrogen functional groups attached to an aromatic ring is 1. The van der Waals surface area contributed by atoms with Gasteiger partial charge in [0.1, 0.15) is 5.82 Å². The third-order valence-corrected chi connectivity index (χ3v) is 3.02. The van der Waals surface area contributed by atoms with Gasteiger partial charge in [-0.1, -0.05) is 11.8 Å². The van der Waals surface area contributed by atoms with Crippen molar-refractivity contribution in [3.05, 3.63) is 11.8 Å². The molecule has 19 heavy (non-hydrogen) atoms. The van der Waals surface area contributed by atoms with Crippen LogP contribution in [0.25, 0.3) is 0 Å². The van der Waals surface area contributed by atoms with Crippen LogP contribution in [0.5, 0.6) is 0 Å². The highest BCUT2D eigenvalue weighted by molar-refractivity contribution is 7.99. The van der Waals surface area contributed by atoms with Crippen LogP contribution >= 0.6 is 11.8 Å². The van der Waals surface area contributed by atoms with Gasteiger partial charge in [0.05, 0.1) is 5.75 Å². The average Bonchev–Trinajstić information content (AvgIpc) is 2.35. The molecule has 6 nitrogen and oxygen atoms in total. The maximum absolute atomic E-state index is 11.6. The number of hydrogen-bond acceptors (Lipinski definition) is 6. The van der Waals surface area contributed by atoms with Crippen molar-refractivity contribution in [1.82, 2.24) is 15.3 Å². The zero-order chi connectivity index (χ0) is 14.1. The van der Waals surface area contributed by atoms with Gasteiger partial charge in [0, 0.05) is 31.5 Å². The number of carbonyl (C=O) groups is 1. The summed E-state index contributed by atoms with van der Waals surface area (Å²) in [6.45, 7) is 5.78. The van der Waals surface area contributed by atoms with Gasteiger partial charge in [-0.3, -0.25) is 4.79 Å². The van der Waals surface area contributed by atoms with Crippen LogP contribution < -0.4 is 11.1 Å². The normalized spacial score (nSPS) is 10.4. The molecule has 0 fully saturated rings. The second kappa shape index (κ2) is 8.71. The van der Waals surface area contributed by atoms with Gasteiger partial charge in [-0.2, -0.15) is 0 Å². The molecule has 0 unspecified atom stereocenters. The van der Waals surface area contributed by atoms with Gasteiger partial charge in [0.2, 0.25) is 5.91 Å². The van der Waals surface area contributed by atoms with E-state index in [2.05, 4.69) is 15.3 Å². The molecule has 1 amide bonds. The summed E-state index contributed by atoms with van der Waals surface area (Å²) in [5.41, 5.74) is 6.41. The first kappa shape index (κ1) is 15.7. The summed E-state index contributed by atoms with van der Waals surface area (Å²) in [5.74, 6) is 0.676. The molecule has 0 saturated heterocycles. The summed E-state index contributed by atoms with van der Waals surface area (Å²) in [6, 6.07) is 1.69. The van der Waals surface area contributed by atoms with E-state index in [1.54, 1.807) is 6.07 Å². The lowest BCUT2D eigenvalue weighted by Crippen LogP contribution is -2.27. The van der Waals surface area contributed by atoms with E-state index in [1.807, 2.05) is 13.8 Å². The van der Waals surface area contributed by atoms with Gasteiger partial charge in [-0.05, 0) is 20.3 Å². The van der Waals surface area contributed by atoms with E-state index in [9.17, 15) is 4.79 Å². The Balaban J connectivity index is 2.22. The van der Waals surface area contributed by atoms with E-state index in [-0.39, 0.29) is 11.7 Å². The van der Waals surface area contributed by atoms with E-state index in [0.29, 0.717) is 30.7 Å². The monoisotopic (exact) mass is 284 g/mol. The summed E-state index contributed by atoms with van der Waals surface area (Å²) in [5, 5.41) is 3.34. The molecule has 0 aliphatic rings. The minimum absolute atomic E-state index is 0.0369. The van der Waals surface area contributed by atoms with Crippen molar-refractivity contribution in [2.75, 3.05) is 31.2 Å². The minimum Gasteiger partial charge on any atom is -0.384 e. The number of hydrogen-bond donors (Lipinski definition) is 2.